The molecule has 0 radical (unpaired) electrons. The molecule has 0 saturated carbocycles. The van der Waals surface area contributed by atoms with Crippen LogP contribution in [0, 0.1) is 0 Å². The molecule has 2 aliphatic heterocycles. The third kappa shape index (κ3) is 4.29. The first-order valence-corrected chi connectivity index (χ1v) is 12.2. The summed E-state index contributed by atoms with van der Waals surface area (Å²) in [4.78, 5) is 14.9. The molecule has 4 aromatic rings. The number of likely N-dealkylation sites (tertiary alicyclic amines) is 1. The van der Waals surface area contributed by atoms with Gasteiger partial charge in [-0.1, -0.05) is 60.7 Å². The van der Waals surface area contributed by atoms with Gasteiger partial charge in [0.25, 0.3) is 0 Å². The van der Waals surface area contributed by atoms with Crippen molar-refractivity contribution in [2.24, 2.45) is 0 Å². The predicted octanol–water partition coefficient (Wildman–Crippen LogP) is 4.17. The van der Waals surface area contributed by atoms with E-state index in [2.05, 4.69) is 56.9 Å². The summed E-state index contributed by atoms with van der Waals surface area (Å²) in [6, 6.07) is 21.3. The van der Waals surface area contributed by atoms with Gasteiger partial charge in [0, 0.05) is 38.3 Å². The van der Waals surface area contributed by atoms with Gasteiger partial charge in [-0.05, 0) is 18.4 Å². The Balaban J connectivity index is 1.30. The van der Waals surface area contributed by atoms with Crippen LogP contribution in [0.15, 0.2) is 66.9 Å². The number of ether oxygens (including phenoxy) is 1. The van der Waals surface area contributed by atoms with E-state index >= 15 is 0 Å². The molecule has 4 heterocycles. The lowest BCUT2D eigenvalue weighted by molar-refractivity contribution is 0.122. The Morgan fingerprint density at radius 2 is 1.53 bits per heavy atom. The maximum Gasteiger partial charge on any atom is 0.164 e. The summed E-state index contributed by atoms with van der Waals surface area (Å²) in [6.45, 7) is 6.25. The van der Waals surface area contributed by atoms with E-state index in [0.29, 0.717) is 6.04 Å². The summed E-state index contributed by atoms with van der Waals surface area (Å²) < 4.78 is 7.75. The Morgan fingerprint density at radius 1 is 0.824 bits per heavy atom. The summed E-state index contributed by atoms with van der Waals surface area (Å²) >= 11 is 0. The van der Waals surface area contributed by atoms with Crippen LogP contribution in [0.1, 0.15) is 24.4 Å². The van der Waals surface area contributed by atoms with E-state index < -0.39 is 0 Å². The van der Waals surface area contributed by atoms with Gasteiger partial charge in [0.05, 0.1) is 30.8 Å². The lowest BCUT2D eigenvalue weighted by Crippen LogP contribution is -2.37. The fourth-order valence-electron chi connectivity index (χ4n) is 5.07. The minimum atomic E-state index is 0.348. The Labute approximate surface area is 200 Å². The van der Waals surface area contributed by atoms with E-state index in [9.17, 15) is 0 Å². The molecule has 0 spiro atoms. The third-order valence-electron chi connectivity index (χ3n) is 6.93. The smallest absolute Gasteiger partial charge is 0.164 e. The van der Waals surface area contributed by atoms with E-state index in [-0.39, 0.29) is 0 Å². The standard InChI is InChI=1S/C27H30N6O/c1-3-7-21(8-4-1)20-31-13-11-23(12-14-31)33-27-24(19-28-33)26(32-15-17-34-18-16-32)29-25(30-27)22-9-5-2-6-10-22/h1-10,19,23H,11-18,20H2. The summed E-state index contributed by atoms with van der Waals surface area (Å²) in [5, 5.41) is 5.89. The summed E-state index contributed by atoms with van der Waals surface area (Å²) in [6.07, 6.45) is 4.10. The minimum Gasteiger partial charge on any atom is -0.378 e. The molecule has 2 aromatic heterocycles. The fourth-order valence-corrected chi connectivity index (χ4v) is 5.07. The van der Waals surface area contributed by atoms with Crippen molar-refractivity contribution in [3.8, 4) is 11.4 Å². The van der Waals surface area contributed by atoms with Crippen molar-refractivity contribution in [3.63, 3.8) is 0 Å². The second kappa shape index (κ2) is 9.52. The highest BCUT2D eigenvalue weighted by molar-refractivity contribution is 5.89. The van der Waals surface area contributed by atoms with Gasteiger partial charge >= 0.3 is 0 Å². The molecule has 2 aliphatic rings. The third-order valence-corrected chi connectivity index (χ3v) is 6.93. The molecule has 2 fully saturated rings. The quantitative estimate of drug-likeness (QED) is 0.451. The second-order valence-corrected chi connectivity index (χ2v) is 9.16. The molecular formula is C27H30N6O. The SMILES string of the molecule is c1ccc(CN2CCC(n3ncc4c(N5CCOCC5)nc(-c5ccccc5)nc43)CC2)cc1. The average Bonchev–Trinajstić information content (AvgIpc) is 3.34. The first-order valence-electron chi connectivity index (χ1n) is 12.2. The van der Waals surface area contributed by atoms with E-state index in [1.165, 1.54) is 5.56 Å². The van der Waals surface area contributed by atoms with Gasteiger partial charge in [-0.3, -0.25) is 4.90 Å². The highest BCUT2D eigenvalue weighted by Crippen LogP contribution is 2.32. The lowest BCUT2D eigenvalue weighted by atomic mass is 10.0. The van der Waals surface area contributed by atoms with Gasteiger partial charge in [0.1, 0.15) is 5.82 Å². The van der Waals surface area contributed by atoms with Crippen LogP contribution in [0.4, 0.5) is 5.82 Å². The van der Waals surface area contributed by atoms with Crippen LogP contribution in [0.3, 0.4) is 0 Å². The molecule has 0 unspecified atom stereocenters. The van der Waals surface area contributed by atoms with E-state index in [4.69, 9.17) is 19.8 Å². The Morgan fingerprint density at radius 3 is 2.26 bits per heavy atom. The number of aromatic nitrogens is 4. The number of hydrogen-bond donors (Lipinski definition) is 0. The van der Waals surface area contributed by atoms with Crippen LogP contribution < -0.4 is 4.90 Å². The van der Waals surface area contributed by atoms with Crippen molar-refractivity contribution < 1.29 is 4.74 Å². The molecule has 7 nitrogen and oxygen atoms in total. The van der Waals surface area contributed by atoms with E-state index in [1.807, 2.05) is 24.4 Å². The maximum absolute atomic E-state index is 5.59. The molecule has 7 heteroatoms. The first kappa shape index (κ1) is 21.3. The minimum absolute atomic E-state index is 0.348. The van der Waals surface area contributed by atoms with Crippen molar-refractivity contribution in [2.45, 2.75) is 25.4 Å². The highest BCUT2D eigenvalue weighted by Gasteiger charge is 2.26. The Bertz CT molecular complexity index is 1230. The number of rotatable bonds is 5. The van der Waals surface area contributed by atoms with Gasteiger partial charge in [-0.25, -0.2) is 14.6 Å². The van der Waals surface area contributed by atoms with Crippen molar-refractivity contribution in [1.82, 2.24) is 24.6 Å². The lowest BCUT2D eigenvalue weighted by Gasteiger charge is -2.32. The Kier molecular flexibility index (Phi) is 5.95. The largest absolute Gasteiger partial charge is 0.378 e. The first-order chi connectivity index (χ1) is 16.8. The number of anilines is 1. The molecule has 0 bridgehead atoms. The molecule has 2 saturated heterocycles. The maximum atomic E-state index is 5.59. The Hall–Kier alpha value is -3.29. The topological polar surface area (TPSA) is 59.3 Å². The van der Waals surface area contributed by atoms with Gasteiger partial charge in [0.15, 0.2) is 11.5 Å². The zero-order valence-corrected chi connectivity index (χ0v) is 19.4. The molecule has 0 N–H and O–H groups in total. The molecule has 2 aromatic carbocycles. The fraction of sp³-hybridized carbons (Fsp3) is 0.370. The molecule has 0 aliphatic carbocycles. The summed E-state index contributed by atoms with van der Waals surface area (Å²) in [7, 11) is 0. The van der Waals surface area contributed by atoms with Crippen LogP contribution in [0.5, 0.6) is 0 Å². The van der Waals surface area contributed by atoms with Crippen molar-refractivity contribution >= 4 is 16.9 Å². The molecule has 0 atom stereocenters. The molecular weight excluding hydrogens is 424 g/mol. The molecule has 6 rings (SSSR count). The van der Waals surface area contributed by atoms with Crippen LogP contribution >= 0.6 is 0 Å². The normalized spacial score (nSPS) is 17.9. The number of benzene rings is 2. The second-order valence-electron chi connectivity index (χ2n) is 9.16. The van der Waals surface area contributed by atoms with Crippen molar-refractivity contribution in [2.75, 3.05) is 44.3 Å². The van der Waals surface area contributed by atoms with Crippen LogP contribution in [-0.2, 0) is 11.3 Å². The number of fused-ring (bicyclic) bond motifs is 1. The molecule has 34 heavy (non-hydrogen) atoms. The monoisotopic (exact) mass is 454 g/mol. The summed E-state index contributed by atoms with van der Waals surface area (Å²) in [5.74, 6) is 1.73. The van der Waals surface area contributed by atoms with Crippen LogP contribution in [0.25, 0.3) is 22.4 Å². The van der Waals surface area contributed by atoms with E-state index in [0.717, 1.165) is 87.0 Å². The molecule has 0 amide bonds. The highest BCUT2D eigenvalue weighted by atomic mass is 16.5. The van der Waals surface area contributed by atoms with Crippen LogP contribution in [-0.4, -0.2) is 64.0 Å². The average molecular weight is 455 g/mol. The zero-order valence-electron chi connectivity index (χ0n) is 19.4. The summed E-state index contributed by atoms with van der Waals surface area (Å²) in [5.41, 5.74) is 3.35. The van der Waals surface area contributed by atoms with Gasteiger partial charge < -0.3 is 9.64 Å². The number of nitrogens with zero attached hydrogens (tertiary/aromatic N) is 6. The van der Waals surface area contributed by atoms with Crippen molar-refractivity contribution in [1.29, 1.82) is 0 Å². The van der Waals surface area contributed by atoms with Gasteiger partial charge in [-0.15, -0.1) is 0 Å². The number of piperidine rings is 1. The number of hydrogen-bond acceptors (Lipinski definition) is 6. The van der Waals surface area contributed by atoms with Gasteiger partial charge in [0.2, 0.25) is 0 Å². The molecule has 174 valence electrons. The van der Waals surface area contributed by atoms with Crippen molar-refractivity contribution in [3.05, 3.63) is 72.4 Å². The predicted molar refractivity (Wildman–Crippen MR) is 134 cm³/mol. The van der Waals surface area contributed by atoms with E-state index in [1.54, 1.807) is 0 Å². The number of morpholine rings is 1. The van der Waals surface area contributed by atoms with Gasteiger partial charge in [-0.2, -0.15) is 5.10 Å². The van der Waals surface area contributed by atoms with Crippen LogP contribution in [0.2, 0.25) is 0 Å². The zero-order chi connectivity index (χ0) is 22.7.